The van der Waals surface area contributed by atoms with Crippen LogP contribution in [0.4, 0.5) is 11.4 Å². The van der Waals surface area contributed by atoms with Gasteiger partial charge in [0.1, 0.15) is 10.0 Å². The Bertz CT molecular complexity index is 642. The molecule has 0 saturated heterocycles. The molecule has 0 heterocycles. The number of benzene rings is 2. The molecule has 0 bridgehead atoms. The zero-order chi connectivity index (χ0) is 13.1. The lowest BCUT2D eigenvalue weighted by molar-refractivity contribution is -0.001000. The standard InChI is InChI=1S/C12H6Cl2N4.2ClH/c13-9-5-7(1-3-11(9)17-15)8-2-4-12(18-16)10(14)6-8;;/h1-6H;2*1H/q+2;;/p-2. The molecule has 20 heavy (non-hydrogen) atoms. The molecule has 102 valence electrons. The summed E-state index contributed by atoms with van der Waals surface area (Å²) in [6.45, 7) is 0. The van der Waals surface area contributed by atoms with Crippen LogP contribution in [0.5, 0.6) is 0 Å². The highest BCUT2D eigenvalue weighted by Gasteiger charge is 2.15. The van der Waals surface area contributed by atoms with Crippen LogP contribution in [-0.4, -0.2) is 0 Å². The van der Waals surface area contributed by atoms with Crippen molar-refractivity contribution in [3.8, 4) is 11.1 Å². The Hall–Kier alpha value is -1.56. The number of hydrogen-bond acceptors (Lipinski definition) is 2. The summed E-state index contributed by atoms with van der Waals surface area (Å²) in [5, 5.41) is 18.0. The van der Waals surface area contributed by atoms with Gasteiger partial charge >= 0.3 is 11.4 Å². The fourth-order valence-corrected chi connectivity index (χ4v) is 1.97. The molecular formula is C12H6Cl4N4. The second kappa shape index (κ2) is 7.89. The highest BCUT2D eigenvalue weighted by Crippen LogP contribution is 2.34. The lowest BCUT2D eigenvalue weighted by Crippen LogP contribution is -3.00. The maximum Gasteiger partial charge on any atom is 0.403 e. The van der Waals surface area contributed by atoms with E-state index in [1.807, 2.05) is 0 Å². The summed E-state index contributed by atoms with van der Waals surface area (Å²) in [6.07, 6.45) is 0. The first-order valence-electron chi connectivity index (χ1n) is 4.95. The van der Waals surface area contributed by atoms with Crippen LogP contribution >= 0.6 is 23.2 Å². The van der Waals surface area contributed by atoms with E-state index in [0.717, 1.165) is 11.1 Å². The quantitative estimate of drug-likeness (QED) is 0.661. The zero-order valence-electron chi connectivity index (χ0n) is 9.76. The first-order valence-corrected chi connectivity index (χ1v) is 5.71. The Labute approximate surface area is 137 Å². The predicted molar refractivity (Wildman–Crippen MR) is 71.4 cm³/mol. The molecule has 0 spiro atoms. The Morgan fingerprint density at radius 3 is 1.30 bits per heavy atom. The van der Waals surface area contributed by atoms with Crippen molar-refractivity contribution in [2.75, 3.05) is 0 Å². The molecule has 0 aliphatic rings. The Morgan fingerprint density at radius 2 is 1.05 bits per heavy atom. The van der Waals surface area contributed by atoms with Crippen molar-refractivity contribution in [2.45, 2.75) is 0 Å². The van der Waals surface area contributed by atoms with E-state index in [2.05, 4.69) is 9.95 Å². The minimum absolute atomic E-state index is 0. The van der Waals surface area contributed by atoms with Crippen LogP contribution in [0.25, 0.3) is 21.1 Å². The lowest BCUT2D eigenvalue weighted by Gasteiger charge is -2.00. The third-order valence-electron chi connectivity index (χ3n) is 2.44. The first-order chi connectivity index (χ1) is 8.65. The van der Waals surface area contributed by atoms with E-state index < -0.39 is 0 Å². The van der Waals surface area contributed by atoms with Gasteiger partial charge in [-0.05, 0) is 35.4 Å². The average Bonchev–Trinajstić information content (AvgIpc) is 2.38. The van der Waals surface area contributed by atoms with Crippen molar-refractivity contribution in [2.24, 2.45) is 0 Å². The van der Waals surface area contributed by atoms with Crippen molar-refractivity contribution in [1.82, 2.24) is 0 Å². The van der Waals surface area contributed by atoms with Crippen molar-refractivity contribution in [3.05, 3.63) is 56.4 Å². The zero-order valence-corrected chi connectivity index (χ0v) is 12.8. The van der Waals surface area contributed by atoms with Gasteiger partial charge in [-0.15, -0.1) is 0 Å². The fourth-order valence-electron chi connectivity index (χ4n) is 1.54. The molecule has 0 atom stereocenters. The summed E-state index contributed by atoms with van der Waals surface area (Å²) in [6, 6.07) is 10.0. The normalized spacial score (nSPS) is 8.60. The molecule has 0 aromatic heterocycles. The molecule has 0 radical (unpaired) electrons. The van der Waals surface area contributed by atoms with Crippen LogP contribution in [0.1, 0.15) is 0 Å². The maximum atomic E-state index is 8.67. The fraction of sp³-hybridized carbons (Fsp3) is 0. The monoisotopic (exact) mass is 346 g/mol. The van der Waals surface area contributed by atoms with Crippen molar-refractivity contribution >= 4 is 34.6 Å². The summed E-state index contributed by atoms with van der Waals surface area (Å²) in [4.78, 5) is 6.09. The molecule has 0 N–H and O–H groups in total. The largest absolute Gasteiger partial charge is 1.00 e. The van der Waals surface area contributed by atoms with Gasteiger partial charge in [-0.1, -0.05) is 23.2 Å². The van der Waals surface area contributed by atoms with Gasteiger partial charge in [-0.3, -0.25) is 0 Å². The second-order valence-corrected chi connectivity index (χ2v) is 4.35. The van der Waals surface area contributed by atoms with Gasteiger partial charge in [-0.25, -0.2) is 0 Å². The molecule has 0 amide bonds. The lowest BCUT2D eigenvalue weighted by atomic mass is 10.1. The van der Waals surface area contributed by atoms with E-state index in [9.17, 15) is 0 Å². The smallest absolute Gasteiger partial charge is 0.403 e. The van der Waals surface area contributed by atoms with E-state index >= 15 is 0 Å². The van der Waals surface area contributed by atoms with Crippen molar-refractivity contribution < 1.29 is 24.8 Å². The number of diazo groups is 2. The predicted octanol–water partition coefficient (Wildman–Crippen LogP) is -0.362. The van der Waals surface area contributed by atoms with E-state index in [-0.39, 0.29) is 24.8 Å². The number of rotatable bonds is 1. The molecule has 0 fully saturated rings. The van der Waals surface area contributed by atoms with Gasteiger partial charge in [0.05, 0.1) is 0 Å². The highest BCUT2D eigenvalue weighted by molar-refractivity contribution is 6.34. The van der Waals surface area contributed by atoms with Gasteiger partial charge in [0.25, 0.3) is 0 Å². The van der Waals surface area contributed by atoms with Crippen LogP contribution in [0, 0.1) is 10.8 Å². The van der Waals surface area contributed by atoms with Crippen molar-refractivity contribution in [3.63, 3.8) is 0 Å². The molecule has 8 heteroatoms. The third kappa shape index (κ3) is 3.72. The van der Waals surface area contributed by atoms with Gasteiger partial charge in [0.15, 0.2) is 9.95 Å². The van der Waals surface area contributed by atoms with E-state index in [1.165, 1.54) is 0 Å². The van der Waals surface area contributed by atoms with Gasteiger partial charge in [0, 0.05) is 12.1 Å². The highest BCUT2D eigenvalue weighted by atomic mass is 35.5. The van der Waals surface area contributed by atoms with Crippen LogP contribution in [0.3, 0.4) is 0 Å². The molecule has 2 aromatic rings. The first kappa shape index (κ1) is 18.4. The molecule has 2 aromatic carbocycles. The molecule has 2 rings (SSSR count). The number of hydrogen-bond donors (Lipinski definition) is 0. The minimum atomic E-state index is 0. The molecule has 4 nitrogen and oxygen atoms in total. The molecule has 0 saturated carbocycles. The summed E-state index contributed by atoms with van der Waals surface area (Å²) < 4.78 is 0. The van der Waals surface area contributed by atoms with E-state index in [4.69, 9.17) is 34.0 Å². The number of halogens is 4. The van der Waals surface area contributed by atoms with Gasteiger partial charge in [0.2, 0.25) is 10.8 Å². The van der Waals surface area contributed by atoms with Crippen LogP contribution < -0.4 is 24.8 Å². The van der Waals surface area contributed by atoms with Gasteiger partial charge in [-0.2, -0.15) is 0 Å². The molecule has 0 unspecified atom stereocenters. The van der Waals surface area contributed by atoms with E-state index in [1.54, 1.807) is 36.4 Å². The van der Waals surface area contributed by atoms with E-state index in [0.29, 0.717) is 21.4 Å². The van der Waals surface area contributed by atoms with Crippen LogP contribution in [-0.2, 0) is 0 Å². The summed E-state index contributed by atoms with van der Waals surface area (Å²) in [5.74, 6) is 0. The average molecular weight is 348 g/mol. The summed E-state index contributed by atoms with van der Waals surface area (Å²) in [7, 11) is 0. The Morgan fingerprint density at radius 1 is 0.700 bits per heavy atom. The Balaban J connectivity index is 0.00000180. The minimum Gasteiger partial charge on any atom is -1.00 e. The topological polar surface area (TPSA) is 56.3 Å². The molecular weight excluding hydrogens is 342 g/mol. The third-order valence-corrected chi connectivity index (χ3v) is 3.05. The molecule has 0 aliphatic heterocycles. The van der Waals surface area contributed by atoms with Crippen molar-refractivity contribution in [1.29, 1.82) is 10.8 Å². The van der Waals surface area contributed by atoms with Crippen LogP contribution in [0.2, 0.25) is 10.0 Å². The molecule has 0 aliphatic carbocycles. The maximum absolute atomic E-state index is 8.67. The second-order valence-electron chi connectivity index (χ2n) is 3.53. The summed E-state index contributed by atoms with van der Waals surface area (Å²) >= 11 is 11.9. The van der Waals surface area contributed by atoms with Gasteiger partial charge < -0.3 is 24.8 Å². The Kier molecular flexibility index (Phi) is 7.28. The summed E-state index contributed by atoms with van der Waals surface area (Å²) in [5.41, 5.74) is 2.24. The number of nitrogens with zero attached hydrogens (tertiary/aromatic N) is 4. The SMILES string of the molecule is N#[N+]c1ccc(-c2ccc([N+]#N)c(Cl)c2)cc1Cl.[Cl-].[Cl-]. The van der Waals surface area contributed by atoms with Crippen LogP contribution in [0.15, 0.2) is 36.4 Å².